The molecule has 7 heteroatoms. The number of hydrogen-bond acceptors (Lipinski definition) is 6. The largest absolute Gasteiger partial charge is 0.465 e. The predicted octanol–water partition coefficient (Wildman–Crippen LogP) is 3.36. The maximum atomic E-state index is 11.5. The van der Waals surface area contributed by atoms with Crippen LogP contribution in [0.15, 0.2) is 29.6 Å². The van der Waals surface area contributed by atoms with Crippen LogP contribution in [0.1, 0.15) is 20.8 Å². The average Bonchev–Trinajstić information content (AvgIpc) is 2.89. The normalized spacial score (nSPS) is 10.2. The zero-order valence-corrected chi connectivity index (χ0v) is 12.4. The summed E-state index contributed by atoms with van der Waals surface area (Å²) >= 11 is 1.57. The Balaban J connectivity index is 2.28. The number of carbonyl (C=O) groups is 1. The number of esters is 1. The van der Waals surface area contributed by atoms with Gasteiger partial charge in [-0.15, -0.1) is 11.3 Å². The molecular formula is C14H14N2O4S. The van der Waals surface area contributed by atoms with Gasteiger partial charge in [0.1, 0.15) is 5.69 Å². The number of methoxy groups -OCH3 is 1. The molecule has 0 saturated carbocycles. The Labute approximate surface area is 125 Å². The minimum atomic E-state index is -0.528. The van der Waals surface area contributed by atoms with Crippen molar-refractivity contribution in [1.29, 1.82) is 0 Å². The van der Waals surface area contributed by atoms with E-state index in [0.717, 1.165) is 10.4 Å². The van der Waals surface area contributed by atoms with Gasteiger partial charge in [0.15, 0.2) is 0 Å². The lowest BCUT2D eigenvalue weighted by Gasteiger charge is -2.08. The maximum Gasteiger partial charge on any atom is 0.337 e. The Morgan fingerprint density at radius 1 is 1.43 bits per heavy atom. The zero-order valence-electron chi connectivity index (χ0n) is 11.6. The molecule has 2 rings (SSSR count). The first-order valence-corrected chi connectivity index (χ1v) is 7.04. The number of nitrogens with one attached hydrogen (secondary N) is 1. The highest BCUT2D eigenvalue weighted by molar-refractivity contribution is 7.10. The molecule has 0 bridgehead atoms. The van der Waals surface area contributed by atoms with Crippen LogP contribution in [0.4, 0.5) is 11.4 Å². The highest BCUT2D eigenvalue weighted by Gasteiger charge is 2.17. The topological polar surface area (TPSA) is 81.5 Å². The number of nitro groups is 1. The number of carbonyl (C=O) groups excluding carboxylic acids is 1. The summed E-state index contributed by atoms with van der Waals surface area (Å²) in [5.41, 5.74) is 1.63. The number of aryl methyl sites for hydroxylation is 1. The molecule has 6 nitrogen and oxygen atoms in total. The number of benzene rings is 1. The molecule has 0 amide bonds. The second-order valence-electron chi connectivity index (χ2n) is 4.36. The van der Waals surface area contributed by atoms with Crippen molar-refractivity contribution in [2.45, 2.75) is 13.5 Å². The van der Waals surface area contributed by atoms with Gasteiger partial charge >= 0.3 is 5.97 Å². The van der Waals surface area contributed by atoms with Crippen molar-refractivity contribution < 1.29 is 14.5 Å². The monoisotopic (exact) mass is 306 g/mol. The predicted molar refractivity (Wildman–Crippen MR) is 80.8 cm³/mol. The molecule has 0 spiro atoms. The smallest absolute Gasteiger partial charge is 0.337 e. The van der Waals surface area contributed by atoms with Gasteiger partial charge in [-0.3, -0.25) is 10.1 Å². The molecule has 21 heavy (non-hydrogen) atoms. The van der Waals surface area contributed by atoms with Gasteiger partial charge in [-0.05, 0) is 36.1 Å². The Bertz CT molecular complexity index is 681. The van der Waals surface area contributed by atoms with Crippen molar-refractivity contribution in [1.82, 2.24) is 0 Å². The van der Waals surface area contributed by atoms with Crippen LogP contribution in [0, 0.1) is 17.0 Å². The highest BCUT2D eigenvalue weighted by Crippen LogP contribution is 2.27. The lowest BCUT2D eigenvalue weighted by atomic mass is 10.1. The van der Waals surface area contributed by atoms with E-state index in [4.69, 9.17) is 0 Å². The van der Waals surface area contributed by atoms with Crippen molar-refractivity contribution in [2.75, 3.05) is 12.4 Å². The van der Waals surface area contributed by atoms with E-state index in [-0.39, 0.29) is 11.3 Å². The Kier molecular flexibility index (Phi) is 4.54. The summed E-state index contributed by atoms with van der Waals surface area (Å²) in [7, 11) is 1.27. The average molecular weight is 306 g/mol. The lowest BCUT2D eigenvalue weighted by molar-refractivity contribution is -0.384. The van der Waals surface area contributed by atoms with Crippen LogP contribution >= 0.6 is 11.3 Å². The van der Waals surface area contributed by atoms with Gasteiger partial charge < -0.3 is 10.1 Å². The highest BCUT2D eigenvalue weighted by atomic mass is 32.1. The summed E-state index contributed by atoms with van der Waals surface area (Å²) in [4.78, 5) is 23.2. The van der Waals surface area contributed by atoms with Gasteiger partial charge in [0.25, 0.3) is 5.69 Å². The van der Waals surface area contributed by atoms with Gasteiger partial charge in [0, 0.05) is 17.5 Å². The van der Waals surface area contributed by atoms with Gasteiger partial charge in [0.2, 0.25) is 0 Å². The minimum absolute atomic E-state index is 0.0723. The molecular weight excluding hydrogens is 292 g/mol. The fourth-order valence-electron chi connectivity index (χ4n) is 1.84. The number of nitrogens with zero attached hydrogens (tertiary/aromatic N) is 1. The Morgan fingerprint density at radius 3 is 2.76 bits per heavy atom. The molecule has 1 aromatic carbocycles. The number of rotatable bonds is 5. The van der Waals surface area contributed by atoms with Crippen LogP contribution in [0.3, 0.4) is 0 Å². The molecule has 0 fully saturated rings. The summed E-state index contributed by atoms with van der Waals surface area (Å²) in [6.45, 7) is 2.45. The summed E-state index contributed by atoms with van der Waals surface area (Å²) in [5, 5.41) is 16.0. The van der Waals surface area contributed by atoms with E-state index in [0.29, 0.717) is 12.2 Å². The molecule has 0 unspecified atom stereocenters. The molecule has 1 aromatic heterocycles. The van der Waals surface area contributed by atoms with Crippen molar-refractivity contribution in [3.63, 3.8) is 0 Å². The number of ether oxygens (including phenoxy) is 1. The molecule has 0 aliphatic heterocycles. The molecule has 0 aliphatic rings. The van der Waals surface area contributed by atoms with E-state index in [1.54, 1.807) is 11.3 Å². The zero-order chi connectivity index (χ0) is 15.4. The first-order chi connectivity index (χ1) is 10.0. The standard InChI is InChI=1S/C14H14N2O4S/c1-9-5-6-21-13(9)8-15-11-7-10(14(17)20-2)3-4-12(11)16(18)19/h3-7,15H,8H2,1-2H3. The number of thiophene rings is 1. The van der Waals surface area contributed by atoms with E-state index in [1.165, 1.54) is 25.3 Å². The molecule has 1 N–H and O–H groups in total. The molecule has 0 aliphatic carbocycles. The van der Waals surface area contributed by atoms with Crippen LogP contribution in [0.5, 0.6) is 0 Å². The molecule has 0 saturated heterocycles. The van der Waals surface area contributed by atoms with Crippen LogP contribution in [0.2, 0.25) is 0 Å². The summed E-state index contributed by atoms with van der Waals surface area (Å²) < 4.78 is 4.63. The summed E-state index contributed by atoms with van der Waals surface area (Å²) in [6.07, 6.45) is 0. The lowest BCUT2D eigenvalue weighted by Crippen LogP contribution is -2.06. The quantitative estimate of drug-likeness (QED) is 0.520. The van der Waals surface area contributed by atoms with Crippen molar-refractivity contribution >= 4 is 28.7 Å². The summed E-state index contributed by atoms with van der Waals surface area (Å²) in [6, 6.07) is 6.11. The Morgan fingerprint density at radius 2 is 2.19 bits per heavy atom. The van der Waals surface area contributed by atoms with Gasteiger partial charge in [-0.2, -0.15) is 0 Å². The van der Waals surface area contributed by atoms with Crippen LogP contribution in [-0.4, -0.2) is 18.0 Å². The maximum absolute atomic E-state index is 11.5. The fourth-order valence-corrected chi connectivity index (χ4v) is 2.69. The third-order valence-electron chi connectivity index (χ3n) is 3.02. The number of hydrogen-bond donors (Lipinski definition) is 1. The van der Waals surface area contributed by atoms with Gasteiger partial charge in [-0.25, -0.2) is 4.79 Å². The Hall–Kier alpha value is -2.41. The molecule has 1 heterocycles. The molecule has 0 atom stereocenters. The first-order valence-electron chi connectivity index (χ1n) is 6.16. The molecule has 2 aromatic rings. The second kappa shape index (κ2) is 6.36. The van der Waals surface area contributed by atoms with E-state index in [1.807, 2.05) is 18.4 Å². The summed E-state index contributed by atoms with van der Waals surface area (Å²) in [5.74, 6) is -0.528. The van der Waals surface area contributed by atoms with Crippen molar-refractivity contribution in [3.05, 3.63) is 55.8 Å². The molecule has 110 valence electrons. The number of nitro benzene ring substituents is 1. The van der Waals surface area contributed by atoms with Gasteiger partial charge in [0.05, 0.1) is 17.6 Å². The third kappa shape index (κ3) is 3.38. The third-order valence-corrected chi connectivity index (χ3v) is 4.04. The number of anilines is 1. The van der Waals surface area contributed by atoms with E-state index in [2.05, 4.69) is 10.1 Å². The molecule has 0 radical (unpaired) electrons. The van der Waals surface area contributed by atoms with E-state index < -0.39 is 10.9 Å². The van der Waals surface area contributed by atoms with Crippen molar-refractivity contribution in [2.24, 2.45) is 0 Å². The minimum Gasteiger partial charge on any atom is -0.465 e. The second-order valence-corrected chi connectivity index (χ2v) is 5.36. The van der Waals surface area contributed by atoms with Crippen LogP contribution in [0.25, 0.3) is 0 Å². The van der Waals surface area contributed by atoms with E-state index in [9.17, 15) is 14.9 Å². The van der Waals surface area contributed by atoms with Crippen molar-refractivity contribution in [3.8, 4) is 0 Å². The van der Waals surface area contributed by atoms with Crippen LogP contribution in [-0.2, 0) is 11.3 Å². The van der Waals surface area contributed by atoms with Crippen LogP contribution < -0.4 is 5.32 Å². The SMILES string of the molecule is COC(=O)c1ccc([N+](=O)[O-])c(NCc2sccc2C)c1. The van der Waals surface area contributed by atoms with Gasteiger partial charge in [-0.1, -0.05) is 0 Å². The fraction of sp³-hybridized carbons (Fsp3) is 0.214. The first kappa shape index (κ1) is 15.0. The van der Waals surface area contributed by atoms with E-state index >= 15 is 0 Å².